The Hall–Kier alpha value is -1.56. The van der Waals surface area contributed by atoms with E-state index >= 15 is 0 Å². The van der Waals surface area contributed by atoms with E-state index in [0.717, 1.165) is 9.80 Å². The Labute approximate surface area is 152 Å². The zero-order valence-corrected chi connectivity index (χ0v) is 14.5. The van der Waals surface area contributed by atoms with Crippen LogP contribution in [0.4, 0.5) is 26.3 Å². The van der Waals surface area contributed by atoms with Crippen molar-refractivity contribution < 1.29 is 35.9 Å². The van der Waals surface area contributed by atoms with Gasteiger partial charge in [-0.3, -0.25) is 19.4 Å². The van der Waals surface area contributed by atoms with Crippen LogP contribution in [0.3, 0.4) is 0 Å². The van der Waals surface area contributed by atoms with Gasteiger partial charge in [0.1, 0.15) is 0 Å². The molecule has 2 heterocycles. The Bertz CT molecular complexity index is 481. The lowest BCUT2D eigenvalue weighted by Crippen LogP contribution is -2.56. The van der Waals surface area contributed by atoms with Crippen LogP contribution in [-0.2, 0) is 9.59 Å². The lowest BCUT2D eigenvalue weighted by Gasteiger charge is -2.38. The third-order valence-corrected chi connectivity index (χ3v) is 4.41. The fraction of sp³-hybridized carbons (Fsp3) is 0.867. The van der Waals surface area contributed by atoms with Gasteiger partial charge in [-0.2, -0.15) is 26.3 Å². The van der Waals surface area contributed by atoms with Crippen molar-refractivity contribution >= 4 is 11.8 Å². The Balaban J connectivity index is 1.47. The van der Waals surface area contributed by atoms with Gasteiger partial charge >= 0.3 is 12.4 Å². The predicted molar refractivity (Wildman–Crippen MR) is 82.6 cm³/mol. The highest BCUT2D eigenvalue weighted by Crippen LogP contribution is 2.24. The molecule has 156 valence electrons. The van der Waals surface area contributed by atoms with Crippen molar-refractivity contribution in [1.82, 2.24) is 20.4 Å². The van der Waals surface area contributed by atoms with Crippen molar-refractivity contribution in [2.75, 3.05) is 52.4 Å². The number of carbonyl (C=O) groups excluding carboxylic acids is 2. The predicted octanol–water partition coefficient (Wildman–Crippen LogP) is 0.597. The molecule has 2 aliphatic rings. The van der Waals surface area contributed by atoms with E-state index in [-0.39, 0.29) is 51.1 Å². The molecule has 12 heteroatoms. The summed E-state index contributed by atoms with van der Waals surface area (Å²) >= 11 is 0. The molecule has 2 amide bonds. The lowest BCUT2D eigenvalue weighted by molar-refractivity contribution is -0.163. The van der Waals surface area contributed by atoms with Crippen LogP contribution in [0.2, 0.25) is 0 Å². The van der Waals surface area contributed by atoms with Crippen LogP contribution in [-0.4, -0.2) is 86.3 Å². The van der Waals surface area contributed by atoms with E-state index in [1.807, 2.05) is 0 Å². The summed E-state index contributed by atoms with van der Waals surface area (Å²) in [7, 11) is 0. The number of rotatable bonds is 8. The first-order chi connectivity index (χ1) is 12.4. The molecule has 2 aliphatic heterocycles. The van der Waals surface area contributed by atoms with E-state index in [1.54, 1.807) is 0 Å². The Morgan fingerprint density at radius 3 is 1.37 bits per heavy atom. The van der Waals surface area contributed by atoms with Crippen molar-refractivity contribution in [2.45, 2.75) is 18.8 Å². The summed E-state index contributed by atoms with van der Waals surface area (Å²) < 4.78 is 73.0. The molecular weight excluding hydrogens is 382 g/mol. The first-order valence-corrected chi connectivity index (χ1v) is 8.56. The fourth-order valence-corrected chi connectivity index (χ4v) is 3.04. The molecule has 6 nitrogen and oxygen atoms in total. The number of nitrogens with zero attached hydrogens (tertiary/aromatic N) is 2. The van der Waals surface area contributed by atoms with E-state index in [1.165, 1.54) is 0 Å². The number of hydrogen-bond acceptors (Lipinski definition) is 4. The summed E-state index contributed by atoms with van der Waals surface area (Å²) in [5.41, 5.74) is 0. The quantitative estimate of drug-likeness (QED) is 0.460. The van der Waals surface area contributed by atoms with Crippen molar-refractivity contribution in [1.29, 1.82) is 0 Å². The highest BCUT2D eigenvalue weighted by Gasteiger charge is 2.40. The summed E-state index contributed by atoms with van der Waals surface area (Å²) in [5.74, 6) is -1.56. The molecular formula is C15H22F6N4O2. The molecule has 27 heavy (non-hydrogen) atoms. The van der Waals surface area contributed by atoms with Crippen LogP contribution in [0, 0.1) is 11.8 Å². The van der Waals surface area contributed by atoms with Crippen LogP contribution < -0.4 is 10.6 Å². The lowest BCUT2D eigenvalue weighted by atomic mass is 9.99. The third kappa shape index (κ3) is 7.53. The SMILES string of the molecule is O=C(NCCCNC(=O)C1CN(CC(F)(F)F)C1)C1CN(CC(F)(F)F)C1. The Morgan fingerprint density at radius 2 is 1.07 bits per heavy atom. The normalized spacial score (nSPS) is 20.1. The first kappa shape index (κ1) is 21.7. The van der Waals surface area contributed by atoms with Gasteiger partial charge in [-0.15, -0.1) is 0 Å². The maximum Gasteiger partial charge on any atom is 0.401 e. The van der Waals surface area contributed by atoms with Crippen LogP contribution in [0.15, 0.2) is 0 Å². The zero-order chi connectivity index (χ0) is 20.2. The molecule has 0 atom stereocenters. The molecule has 0 bridgehead atoms. The summed E-state index contributed by atoms with van der Waals surface area (Å²) in [4.78, 5) is 25.8. The van der Waals surface area contributed by atoms with Gasteiger partial charge in [0.25, 0.3) is 0 Å². The molecule has 0 aliphatic carbocycles. The summed E-state index contributed by atoms with van der Waals surface area (Å²) in [5, 5.41) is 5.20. The van der Waals surface area contributed by atoms with Crippen molar-refractivity contribution in [3.8, 4) is 0 Å². The number of nitrogens with one attached hydrogen (secondary N) is 2. The van der Waals surface area contributed by atoms with Crippen LogP contribution in [0.1, 0.15) is 6.42 Å². The molecule has 0 radical (unpaired) electrons. The van der Waals surface area contributed by atoms with Crippen LogP contribution in [0.5, 0.6) is 0 Å². The van der Waals surface area contributed by atoms with Crippen LogP contribution in [0.25, 0.3) is 0 Å². The second-order valence-electron chi connectivity index (χ2n) is 6.95. The molecule has 2 saturated heterocycles. The summed E-state index contributed by atoms with van der Waals surface area (Å²) in [6.45, 7) is -1.25. The van der Waals surface area contributed by atoms with Crippen molar-refractivity contribution in [3.63, 3.8) is 0 Å². The van der Waals surface area contributed by atoms with Crippen LogP contribution >= 0.6 is 0 Å². The molecule has 0 aromatic rings. The van der Waals surface area contributed by atoms with Gasteiger partial charge in [0.15, 0.2) is 0 Å². The number of amides is 2. The highest BCUT2D eigenvalue weighted by atomic mass is 19.4. The van der Waals surface area contributed by atoms with Crippen molar-refractivity contribution in [2.24, 2.45) is 11.8 Å². The van der Waals surface area contributed by atoms with E-state index in [9.17, 15) is 35.9 Å². The number of likely N-dealkylation sites (tertiary alicyclic amines) is 2. The number of carbonyl (C=O) groups is 2. The number of hydrogen-bond donors (Lipinski definition) is 2. The maximum absolute atomic E-state index is 12.2. The van der Waals surface area contributed by atoms with E-state index < -0.39 is 37.3 Å². The minimum absolute atomic E-state index is 0.0676. The van der Waals surface area contributed by atoms with Gasteiger partial charge in [0.2, 0.25) is 11.8 Å². The molecule has 0 unspecified atom stereocenters. The van der Waals surface area contributed by atoms with Crippen molar-refractivity contribution in [3.05, 3.63) is 0 Å². The van der Waals surface area contributed by atoms with E-state index in [4.69, 9.17) is 0 Å². The summed E-state index contributed by atoms with van der Waals surface area (Å²) in [6.07, 6.45) is -8.12. The average Bonchev–Trinajstić information content (AvgIpc) is 2.43. The molecule has 0 saturated carbocycles. The van der Waals surface area contributed by atoms with E-state index in [0.29, 0.717) is 6.42 Å². The molecule has 0 aromatic heterocycles. The largest absolute Gasteiger partial charge is 0.401 e. The monoisotopic (exact) mass is 404 g/mol. The Morgan fingerprint density at radius 1 is 0.741 bits per heavy atom. The highest BCUT2D eigenvalue weighted by molar-refractivity contribution is 5.80. The fourth-order valence-electron chi connectivity index (χ4n) is 3.04. The molecule has 2 N–H and O–H groups in total. The number of alkyl halides is 6. The zero-order valence-electron chi connectivity index (χ0n) is 14.5. The minimum atomic E-state index is -4.27. The topological polar surface area (TPSA) is 64.7 Å². The first-order valence-electron chi connectivity index (χ1n) is 8.56. The second kappa shape index (κ2) is 8.63. The summed E-state index contributed by atoms with van der Waals surface area (Å²) in [6, 6.07) is 0. The molecule has 2 fully saturated rings. The average molecular weight is 404 g/mol. The smallest absolute Gasteiger partial charge is 0.356 e. The van der Waals surface area contributed by atoms with E-state index in [2.05, 4.69) is 10.6 Å². The molecule has 2 rings (SSSR count). The number of halogens is 6. The van der Waals surface area contributed by atoms with Gasteiger partial charge in [-0.25, -0.2) is 0 Å². The molecule has 0 spiro atoms. The van der Waals surface area contributed by atoms with Gasteiger partial charge < -0.3 is 10.6 Å². The Kier molecular flexibility index (Phi) is 6.95. The van der Waals surface area contributed by atoms with Gasteiger partial charge in [-0.1, -0.05) is 0 Å². The van der Waals surface area contributed by atoms with Gasteiger partial charge in [-0.05, 0) is 6.42 Å². The second-order valence-corrected chi connectivity index (χ2v) is 6.95. The third-order valence-electron chi connectivity index (χ3n) is 4.41. The van der Waals surface area contributed by atoms with Gasteiger partial charge in [0.05, 0.1) is 24.9 Å². The van der Waals surface area contributed by atoms with Gasteiger partial charge in [0, 0.05) is 39.3 Å². The maximum atomic E-state index is 12.2. The standard InChI is InChI=1S/C15H22F6N4O2/c16-14(17,18)8-24-4-10(5-24)12(26)22-2-1-3-23-13(27)11-6-25(7-11)9-15(19,20)21/h10-11H,1-9H2,(H,22,26)(H,23,27). The minimum Gasteiger partial charge on any atom is -0.356 e. The molecule has 0 aromatic carbocycles.